The number of aliphatic hydroxyl groups excluding tert-OH is 1. The van der Waals surface area contributed by atoms with Crippen molar-refractivity contribution in [3.05, 3.63) is 23.8 Å². The summed E-state index contributed by atoms with van der Waals surface area (Å²) in [7, 11) is 0. The lowest BCUT2D eigenvalue weighted by Gasteiger charge is -2.36. The number of β-amino-alcohol motifs (C(OH)–C–C–N with tert-alkyl or cyclic N) is 1. The molecule has 0 aromatic heterocycles. The molecule has 1 aromatic carbocycles. The lowest BCUT2D eigenvalue weighted by Crippen LogP contribution is -2.47. The third-order valence-electron chi connectivity index (χ3n) is 4.05. The van der Waals surface area contributed by atoms with E-state index in [-0.39, 0.29) is 24.6 Å². The van der Waals surface area contributed by atoms with Gasteiger partial charge in [0.25, 0.3) is 0 Å². The van der Waals surface area contributed by atoms with E-state index < -0.39 is 11.7 Å². The van der Waals surface area contributed by atoms with Gasteiger partial charge in [0.05, 0.1) is 23.5 Å². The zero-order valence-corrected chi connectivity index (χ0v) is 13.6. The van der Waals surface area contributed by atoms with Gasteiger partial charge in [-0.2, -0.15) is 13.2 Å². The third-order valence-corrected chi connectivity index (χ3v) is 4.05. The number of anilines is 2. The molecule has 0 radical (unpaired) electrons. The summed E-state index contributed by atoms with van der Waals surface area (Å²) < 4.78 is 38.8. The number of amides is 1. The fourth-order valence-corrected chi connectivity index (χ4v) is 2.68. The molecule has 2 N–H and O–H groups in total. The number of alkyl halides is 3. The van der Waals surface area contributed by atoms with Crippen molar-refractivity contribution in [3.63, 3.8) is 0 Å². The highest BCUT2D eigenvalue weighted by Gasteiger charge is 2.32. The molecule has 1 aromatic rings. The van der Waals surface area contributed by atoms with Gasteiger partial charge in [0.2, 0.25) is 5.91 Å². The fourth-order valence-electron chi connectivity index (χ4n) is 2.68. The molecule has 0 atom stereocenters. The predicted molar refractivity (Wildman–Crippen MR) is 86.1 cm³/mol. The molecule has 8 heteroatoms. The van der Waals surface area contributed by atoms with Crippen LogP contribution in [0.15, 0.2) is 18.2 Å². The van der Waals surface area contributed by atoms with E-state index in [0.29, 0.717) is 38.4 Å². The van der Waals surface area contributed by atoms with Crippen LogP contribution < -0.4 is 10.2 Å². The number of halogens is 3. The normalized spacial score (nSPS) is 16.3. The fraction of sp³-hybridized carbons (Fsp3) is 0.562. The topological polar surface area (TPSA) is 55.8 Å². The van der Waals surface area contributed by atoms with Crippen LogP contribution in [0.25, 0.3) is 0 Å². The van der Waals surface area contributed by atoms with Gasteiger partial charge in [-0.3, -0.25) is 9.69 Å². The largest absolute Gasteiger partial charge is 0.416 e. The Morgan fingerprint density at radius 2 is 1.92 bits per heavy atom. The Bertz CT molecular complexity index is 570. The Kier molecular flexibility index (Phi) is 6.06. The Labute approximate surface area is 139 Å². The first-order chi connectivity index (χ1) is 11.3. The summed E-state index contributed by atoms with van der Waals surface area (Å²) in [5, 5.41) is 11.5. The molecule has 1 amide bonds. The van der Waals surface area contributed by atoms with Crippen molar-refractivity contribution in [3.8, 4) is 0 Å². The highest BCUT2D eigenvalue weighted by molar-refractivity contribution is 5.94. The average Bonchev–Trinajstić information content (AvgIpc) is 2.55. The lowest BCUT2D eigenvalue weighted by atomic mass is 10.1. The first-order valence-corrected chi connectivity index (χ1v) is 7.94. The van der Waals surface area contributed by atoms with Crippen molar-refractivity contribution in [2.45, 2.75) is 19.5 Å². The number of nitrogens with zero attached hydrogens (tertiary/aromatic N) is 2. The van der Waals surface area contributed by atoms with E-state index in [2.05, 4.69) is 10.2 Å². The summed E-state index contributed by atoms with van der Waals surface area (Å²) in [5.41, 5.74) is -0.00250. The molecule has 1 aliphatic rings. The van der Waals surface area contributed by atoms with Crippen molar-refractivity contribution in [1.82, 2.24) is 4.90 Å². The molecule has 0 aliphatic carbocycles. The molecule has 0 spiro atoms. The number of piperazine rings is 1. The molecule has 1 saturated heterocycles. The number of aliphatic hydroxyl groups is 1. The lowest BCUT2D eigenvalue weighted by molar-refractivity contribution is -0.137. The number of hydrogen-bond donors (Lipinski definition) is 2. The van der Waals surface area contributed by atoms with Gasteiger partial charge in [-0.25, -0.2) is 0 Å². The van der Waals surface area contributed by atoms with Gasteiger partial charge < -0.3 is 15.3 Å². The Morgan fingerprint density at radius 1 is 1.25 bits per heavy atom. The first-order valence-electron chi connectivity index (χ1n) is 7.94. The summed E-state index contributed by atoms with van der Waals surface area (Å²) >= 11 is 0. The van der Waals surface area contributed by atoms with E-state index >= 15 is 0 Å². The molecular weight excluding hydrogens is 323 g/mol. The smallest absolute Gasteiger partial charge is 0.395 e. The standard InChI is InChI=1S/C16H22F3N3O2/c1-2-15(24)20-13-11-12(16(17,18)19)3-4-14(13)22-7-5-21(6-8-22)9-10-23/h3-4,11,23H,2,5-10H2,1H3,(H,20,24). The molecule has 0 bridgehead atoms. The van der Waals surface area contributed by atoms with Gasteiger partial charge in [-0.1, -0.05) is 6.92 Å². The van der Waals surface area contributed by atoms with E-state index in [9.17, 15) is 18.0 Å². The van der Waals surface area contributed by atoms with E-state index in [1.807, 2.05) is 4.90 Å². The Hall–Kier alpha value is -1.80. The van der Waals surface area contributed by atoms with Crippen LogP contribution in [0, 0.1) is 0 Å². The quantitative estimate of drug-likeness (QED) is 0.859. The zero-order chi connectivity index (χ0) is 17.7. The maximum absolute atomic E-state index is 12.9. The zero-order valence-electron chi connectivity index (χ0n) is 13.6. The minimum Gasteiger partial charge on any atom is -0.395 e. The van der Waals surface area contributed by atoms with Crippen LogP contribution in [-0.4, -0.2) is 55.2 Å². The highest BCUT2D eigenvalue weighted by Crippen LogP contribution is 2.35. The predicted octanol–water partition coefficient (Wildman–Crippen LogP) is 2.17. The van der Waals surface area contributed by atoms with Crippen LogP contribution in [0.5, 0.6) is 0 Å². The van der Waals surface area contributed by atoms with Crippen molar-refractivity contribution >= 4 is 17.3 Å². The number of carbonyl (C=O) groups is 1. The molecule has 1 aliphatic heterocycles. The van der Waals surface area contributed by atoms with E-state index in [4.69, 9.17) is 5.11 Å². The van der Waals surface area contributed by atoms with Crippen LogP contribution in [-0.2, 0) is 11.0 Å². The number of hydrogen-bond acceptors (Lipinski definition) is 4. The number of nitrogens with one attached hydrogen (secondary N) is 1. The summed E-state index contributed by atoms with van der Waals surface area (Å²) in [5.74, 6) is -0.325. The molecule has 134 valence electrons. The van der Waals surface area contributed by atoms with Gasteiger partial charge in [-0.15, -0.1) is 0 Å². The Balaban J connectivity index is 2.23. The number of carbonyl (C=O) groups excluding carboxylic acids is 1. The highest BCUT2D eigenvalue weighted by atomic mass is 19.4. The number of rotatable bonds is 5. The van der Waals surface area contributed by atoms with E-state index in [1.165, 1.54) is 6.07 Å². The summed E-state index contributed by atoms with van der Waals surface area (Å²) in [6.07, 6.45) is -4.26. The van der Waals surface area contributed by atoms with Gasteiger partial charge in [-0.05, 0) is 18.2 Å². The SMILES string of the molecule is CCC(=O)Nc1cc(C(F)(F)F)ccc1N1CCN(CCO)CC1. The average molecular weight is 345 g/mol. The molecule has 5 nitrogen and oxygen atoms in total. The third kappa shape index (κ3) is 4.61. The van der Waals surface area contributed by atoms with Gasteiger partial charge in [0, 0.05) is 39.1 Å². The van der Waals surface area contributed by atoms with Gasteiger partial charge in [0.1, 0.15) is 0 Å². The van der Waals surface area contributed by atoms with Gasteiger partial charge >= 0.3 is 6.18 Å². The summed E-state index contributed by atoms with van der Waals surface area (Å²) in [4.78, 5) is 15.7. The number of benzene rings is 1. The van der Waals surface area contributed by atoms with Crippen molar-refractivity contribution < 1.29 is 23.1 Å². The van der Waals surface area contributed by atoms with Crippen molar-refractivity contribution in [2.75, 3.05) is 49.5 Å². The second-order valence-corrected chi connectivity index (χ2v) is 5.68. The van der Waals surface area contributed by atoms with E-state index in [1.54, 1.807) is 6.92 Å². The summed E-state index contributed by atoms with van der Waals surface area (Å²) in [6, 6.07) is 3.44. The molecule has 24 heavy (non-hydrogen) atoms. The maximum atomic E-state index is 12.9. The summed E-state index contributed by atoms with van der Waals surface area (Å²) in [6.45, 7) is 4.99. The molecule has 1 fully saturated rings. The maximum Gasteiger partial charge on any atom is 0.416 e. The molecule has 2 rings (SSSR count). The second-order valence-electron chi connectivity index (χ2n) is 5.68. The van der Waals surface area contributed by atoms with Crippen LogP contribution >= 0.6 is 0 Å². The van der Waals surface area contributed by atoms with Crippen LogP contribution in [0.1, 0.15) is 18.9 Å². The molecule has 0 unspecified atom stereocenters. The molecule has 1 heterocycles. The second kappa shape index (κ2) is 7.85. The van der Waals surface area contributed by atoms with Gasteiger partial charge in [0.15, 0.2) is 0 Å². The molecule has 0 saturated carbocycles. The van der Waals surface area contributed by atoms with Crippen LogP contribution in [0.4, 0.5) is 24.5 Å². The minimum absolute atomic E-state index is 0.0814. The first kappa shape index (κ1) is 18.5. The monoisotopic (exact) mass is 345 g/mol. The van der Waals surface area contributed by atoms with E-state index in [0.717, 1.165) is 12.1 Å². The van der Waals surface area contributed by atoms with Crippen LogP contribution in [0.2, 0.25) is 0 Å². The van der Waals surface area contributed by atoms with Crippen LogP contribution in [0.3, 0.4) is 0 Å². The van der Waals surface area contributed by atoms with Crippen molar-refractivity contribution in [1.29, 1.82) is 0 Å². The minimum atomic E-state index is -4.45. The molecular formula is C16H22F3N3O2. The van der Waals surface area contributed by atoms with Crippen molar-refractivity contribution in [2.24, 2.45) is 0 Å². The Morgan fingerprint density at radius 3 is 2.46 bits per heavy atom.